The zero-order valence-electron chi connectivity index (χ0n) is 9.80. The first-order valence-corrected chi connectivity index (χ1v) is 6.37. The fourth-order valence-electron chi connectivity index (χ4n) is 1.50. The van der Waals surface area contributed by atoms with Crippen LogP contribution in [0.2, 0.25) is 0 Å². The molecule has 0 amide bonds. The monoisotopic (exact) mass is 252 g/mol. The SMILES string of the molecule is COCCNCc1ccnn1Cc1nccs1. The molecule has 2 rings (SSSR count). The molecule has 5 nitrogen and oxygen atoms in total. The maximum atomic E-state index is 4.98. The van der Waals surface area contributed by atoms with E-state index in [0.717, 1.165) is 36.9 Å². The summed E-state index contributed by atoms with van der Waals surface area (Å²) in [5.41, 5.74) is 1.16. The number of methoxy groups -OCH3 is 1. The van der Waals surface area contributed by atoms with Crippen LogP contribution in [-0.2, 0) is 17.8 Å². The van der Waals surface area contributed by atoms with Crippen molar-refractivity contribution in [3.8, 4) is 0 Å². The lowest BCUT2D eigenvalue weighted by Crippen LogP contribution is -2.21. The smallest absolute Gasteiger partial charge is 0.114 e. The minimum atomic E-state index is 0.723. The lowest BCUT2D eigenvalue weighted by Gasteiger charge is -2.07. The Balaban J connectivity index is 1.88. The van der Waals surface area contributed by atoms with E-state index in [-0.39, 0.29) is 0 Å². The number of hydrogen-bond donors (Lipinski definition) is 1. The van der Waals surface area contributed by atoms with E-state index in [1.54, 1.807) is 18.4 Å². The van der Waals surface area contributed by atoms with Gasteiger partial charge in [-0.05, 0) is 6.07 Å². The first kappa shape index (κ1) is 12.2. The van der Waals surface area contributed by atoms with Crippen molar-refractivity contribution in [3.63, 3.8) is 0 Å². The molecule has 0 saturated carbocycles. The van der Waals surface area contributed by atoms with Crippen molar-refractivity contribution in [3.05, 3.63) is 34.5 Å². The van der Waals surface area contributed by atoms with Gasteiger partial charge in [-0.1, -0.05) is 0 Å². The third kappa shape index (κ3) is 3.62. The average Bonchev–Trinajstić information content (AvgIpc) is 2.97. The van der Waals surface area contributed by atoms with E-state index < -0.39 is 0 Å². The normalized spacial score (nSPS) is 10.9. The van der Waals surface area contributed by atoms with Crippen LogP contribution >= 0.6 is 11.3 Å². The summed E-state index contributed by atoms with van der Waals surface area (Å²) in [6, 6.07) is 2.02. The van der Waals surface area contributed by atoms with Crippen LogP contribution in [0.25, 0.3) is 0 Å². The molecule has 0 saturated heterocycles. The molecule has 2 aromatic heterocycles. The number of aromatic nitrogens is 3. The molecule has 2 aromatic rings. The summed E-state index contributed by atoms with van der Waals surface area (Å²) in [5.74, 6) is 0. The van der Waals surface area contributed by atoms with Gasteiger partial charge >= 0.3 is 0 Å². The third-order valence-corrected chi connectivity index (χ3v) is 3.13. The molecule has 2 heterocycles. The van der Waals surface area contributed by atoms with Crippen molar-refractivity contribution in [1.82, 2.24) is 20.1 Å². The Bertz CT molecular complexity index is 426. The topological polar surface area (TPSA) is 52.0 Å². The molecule has 0 aliphatic heterocycles. The summed E-state index contributed by atoms with van der Waals surface area (Å²) in [4.78, 5) is 4.26. The van der Waals surface area contributed by atoms with Crippen LogP contribution in [0.3, 0.4) is 0 Å². The summed E-state index contributed by atoms with van der Waals surface area (Å²) in [6.45, 7) is 3.11. The standard InChI is InChI=1S/C11H16N4OS/c1-16-6-4-12-8-10-2-3-14-15(10)9-11-13-5-7-17-11/h2-3,5,7,12H,4,6,8-9H2,1H3. The van der Waals surface area contributed by atoms with Gasteiger partial charge < -0.3 is 10.1 Å². The van der Waals surface area contributed by atoms with Crippen molar-refractivity contribution in [2.45, 2.75) is 13.1 Å². The highest BCUT2D eigenvalue weighted by Gasteiger charge is 2.04. The van der Waals surface area contributed by atoms with Crippen LogP contribution in [0.15, 0.2) is 23.8 Å². The molecule has 0 unspecified atom stereocenters. The largest absolute Gasteiger partial charge is 0.383 e. The Hall–Kier alpha value is -1.24. The van der Waals surface area contributed by atoms with Gasteiger partial charge in [0.15, 0.2) is 0 Å². The summed E-state index contributed by atoms with van der Waals surface area (Å²) < 4.78 is 6.95. The number of nitrogens with zero attached hydrogens (tertiary/aromatic N) is 3. The predicted molar refractivity (Wildman–Crippen MR) is 67.0 cm³/mol. The molecular formula is C11H16N4OS. The van der Waals surface area contributed by atoms with E-state index in [1.807, 2.05) is 28.5 Å². The Morgan fingerprint density at radius 3 is 3.18 bits per heavy atom. The predicted octanol–water partition coefficient (Wildman–Crippen LogP) is 1.12. The van der Waals surface area contributed by atoms with E-state index in [0.29, 0.717) is 0 Å². The van der Waals surface area contributed by atoms with E-state index in [4.69, 9.17) is 4.74 Å². The quantitative estimate of drug-likeness (QED) is 0.750. The van der Waals surface area contributed by atoms with Gasteiger partial charge in [-0.15, -0.1) is 11.3 Å². The Kier molecular flexibility index (Phi) is 4.66. The van der Waals surface area contributed by atoms with Crippen LogP contribution in [0.5, 0.6) is 0 Å². The average molecular weight is 252 g/mol. The molecule has 0 spiro atoms. The molecule has 92 valence electrons. The van der Waals surface area contributed by atoms with Crippen LogP contribution in [0.1, 0.15) is 10.7 Å². The maximum Gasteiger partial charge on any atom is 0.114 e. The molecular weight excluding hydrogens is 236 g/mol. The first-order valence-electron chi connectivity index (χ1n) is 5.49. The Labute approximate surface area is 104 Å². The minimum Gasteiger partial charge on any atom is -0.383 e. The second-order valence-electron chi connectivity index (χ2n) is 3.58. The molecule has 0 bridgehead atoms. The molecule has 0 aliphatic carbocycles. The van der Waals surface area contributed by atoms with Crippen molar-refractivity contribution in [2.75, 3.05) is 20.3 Å². The summed E-state index contributed by atoms with van der Waals surface area (Å²) in [7, 11) is 1.70. The number of hydrogen-bond acceptors (Lipinski definition) is 5. The first-order chi connectivity index (χ1) is 8.40. The van der Waals surface area contributed by atoms with Gasteiger partial charge in [-0.2, -0.15) is 5.10 Å². The lowest BCUT2D eigenvalue weighted by atomic mass is 10.4. The van der Waals surface area contributed by atoms with E-state index >= 15 is 0 Å². The molecule has 6 heteroatoms. The molecule has 17 heavy (non-hydrogen) atoms. The van der Waals surface area contributed by atoms with Gasteiger partial charge in [0.25, 0.3) is 0 Å². The summed E-state index contributed by atoms with van der Waals surface area (Å²) in [6.07, 6.45) is 3.64. The zero-order chi connectivity index (χ0) is 11.9. The molecule has 0 fully saturated rings. The van der Waals surface area contributed by atoms with Crippen molar-refractivity contribution in [1.29, 1.82) is 0 Å². The zero-order valence-corrected chi connectivity index (χ0v) is 10.6. The van der Waals surface area contributed by atoms with Crippen molar-refractivity contribution < 1.29 is 4.74 Å². The molecule has 0 aromatic carbocycles. The van der Waals surface area contributed by atoms with Gasteiger partial charge in [0, 0.05) is 38.0 Å². The molecule has 0 atom stereocenters. The highest BCUT2D eigenvalue weighted by Crippen LogP contribution is 2.08. The fourth-order valence-corrected chi connectivity index (χ4v) is 2.10. The fraction of sp³-hybridized carbons (Fsp3) is 0.455. The lowest BCUT2D eigenvalue weighted by molar-refractivity contribution is 0.199. The van der Waals surface area contributed by atoms with Crippen LogP contribution in [0.4, 0.5) is 0 Å². The van der Waals surface area contributed by atoms with Gasteiger partial charge in [0.05, 0.1) is 18.8 Å². The number of ether oxygens (including phenoxy) is 1. The van der Waals surface area contributed by atoms with Gasteiger partial charge in [-0.3, -0.25) is 4.68 Å². The Morgan fingerprint density at radius 2 is 2.41 bits per heavy atom. The molecule has 0 aliphatic rings. The second kappa shape index (κ2) is 6.48. The number of nitrogens with one attached hydrogen (secondary N) is 1. The van der Waals surface area contributed by atoms with Crippen molar-refractivity contribution in [2.24, 2.45) is 0 Å². The maximum absolute atomic E-state index is 4.98. The van der Waals surface area contributed by atoms with Crippen LogP contribution in [-0.4, -0.2) is 35.0 Å². The summed E-state index contributed by atoms with van der Waals surface area (Å²) >= 11 is 1.65. The van der Waals surface area contributed by atoms with Gasteiger partial charge in [0.2, 0.25) is 0 Å². The highest BCUT2D eigenvalue weighted by atomic mass is 32.1. The van der Waals surface area contributed by atoms with Crippen LogP contribution < -0.4 is 5.32 Å². The second-order valence-corrected chi connectivity index (χ2v) is 4.55. The van der Waals surface area contributed by atoms with E-state index in [2.05, 4.69) is 15.4 Å². The van der Waals surface area contributed by atoms with E-state index in [1.165, 1.54) is 0 Å². The molecule has 1 N–H and O–H groups in total. The van der Waals surface area contributed by atoms with Gasteiger partial charge in [-0.25, -0.2) is 4.98 Å². The Morgan fingerprint density at radius 1 is 1.47 bits per heavy atom. The van der Waals surface area contributed by atoms with Gasteiger partial charge in [0.1, 0.15) is 5.01 Å². The molecule has 0 radical (unpaired) electrons. The highest BCUT2D eigenvalue weighted by molar-refractivity contribution is 7.09. The number of thiazole rings is 1. The summed E-state index contributed by atoms with van der Waals surface area (Å²) in [5, 5.41) is 10.7. The van der Waals surface area contributed by atoms with Crippen LogP contribution in [0, 0.1) is 0 Å². The third-order valence-electron chi connectivity index (χ3n) is 2.36. The number of rotatable bonds is 7. The minimum absolute atomic E-state index is 0.723. The van der Waals surface area contributed by atoms with E-state index in [9.17, 15) is 0 Å². The van der Waals surface area contributed by atoms with Crippen molar-refractivity contribution >= 4 is 11.3 Å².